The molecule has 3 aliphatic heterocycles. The van der Waals surface area contributed by atoms with Gasteiger partial charge in [-0.3, -0.25) is 45.9 Å². The van der Waals surface area contributed by atoms with Gasteiger partial charge in [0.1, 0.15) is 60.6 Å². The van der Waals surface area contributed by atoms with Gasteiger partial charge in [0.2, 0.25) is 0 Å². The maximum Gasteiger partial charge on any atom is 0.475 e. The van der Waals surface area contributed by atoms with E-state index >= 15 is 0 Å². The van der Waals surface area contributed by atoms with Crippen molar-refractivity contribution in [3.63, 3.8) is 0 Å². The first kappa shape index (κ1) is 44.9. The number of carbonyl (C=O) groups excluding carboxylic acids is 2. The van der Waals surface area contributed by atoms with Crippen molar-refractivity contribution in [2.45, 2.75) is 91.3 Å². The molecule has 3 unspecified atom stereocenters. The van der Waals surface area contributed by atoms with Gasteiger partial charge in [-0.15, -0.1) is 0 Å². The molecular weight excluding hydrogens is 867 g/mol. The Morgan fingerprint density at radius 1 is 0.683 bits per heavy atom. The van der Waals surface area contributed by atoms with Gasteiger partial charge in [0, 0.05) is 35.2 Å². The fourth-order valence-electron chi connectivity index (χ4n) is 6.28. The number of hydrogen-bond donors (Lipinski definition) is 2. The molecule has 0 saturated carbocycles. The zero-order valence-corrected chi connectivity index (χ0v) is 37.2. The van der Waals surface area contributed by atoms with Crippen LogP contribution < -0.4 is 11.5 Å². The summed E-state index contributed by atoms with van der Waals surface area (Å²) in [7, 11) is -9.01. The highest BCUT2D eigenvalue weighted by Gasteiger charge is 2.49. The average Bonchev–Trinajstić information content (AvgIpc) is 3.98. The van der Waals surface area contributed by atoms with Gasteiger partial charge in [0.25, 0.3) is 0 Å². The molecule has 0 radical (unpaired) electrons. The van der Waals surface area contributed by atoms with Crippen molar-refractivity contribution in [3.8, 4) is 0 Å². The van der Waals surface area contributed by atoms with E-state index in [1.165, 1.54) is 25.3 Å². The van der Waals surface area contributed by atoms with Crippen molar-refractivity contribution in [2.24, 2.45) is 10.8 Å². The van der Waals surface area contributed by atoms with Gasteiger partial charge in [0.15, 0.2) is 33.2 Å². The number of carbonyl (C=O) groups is 2. The number of phosphoric ester groups is 2. The average molecular weight is 915 g/mol. The number of ether oxygens (including phenoxy) is 2. The zero-order valence-electron chi connectivity index (χ0n) is 33.8. The first-order valence-corrected chi connectivity index (χ1v) is 23.9. The lowest BCUT2D eigenvalue weighted by atomic mass is 9.99. The van der Waals surface area contributed by atoms with Crippen LogP contribution in [0.5, 0.6) is 0 Å². The van der Waals surface area contributed by atoms with E-state index in [4.69, 9.17) is 48.1 Å². The Balaban J connectivity index is 1.18. The molecule has 26 heteroatoms. The minimum absolute atomic E-state index is 0.0399. The predicted molar refractivity (Wildman–Crippen MR) is 219 cm³/mol. The number of nitrogen functional groups attached to an aromatic ring is 2. The van der Waals surface area contributed by atoms with E-state index in [9.17, 15) is 18.7 Å². The number of anilines is 2. The van der Waals surface area contributed by atoms with Crippen molar-refractivity contribution in [1.29, 1.82) is 0 Å². The molecule has 0 amide bonds. The van der Waals surface area contributed by atoms with Crippen LogP contribution in [0.2, 0.25) is 0 Å². The molecule has 7 rings (SSSR count). The molecular formula is C34H48N10O12P2S2. The number of nitrogens with two attached hydrogens (primary N) is 2. The molecule has 3 aliphatic rings. The van der Waals surface area contributed by atoms with Gasteiger partial charge in [0.05, 0.1) is 39.1 Å². The summed E-state index contributed by atoms with van der Waals surface area (Å²) in [4.78, 5) is 50.6. The van der Waals surface area contributed by atoms with Crippen LogP contribution in [-0.2, 0) is 55.3 Å². The molecule has 3 fully saturated rings. The highest BCUT2D eigenvalue weighted by molar-refractivity contribution is 8.14. The molecule has 7 heterocycles. The fraction of sp³-hybridized carbons (Fsp3) is 0.647. The molecule has 22 nitrogen and oxygen atoms in total. The summed E-state index contributed by atoms with van der Waals surface area (Å²) < 4.78 is 81.6. The van der Waals surface area contributed by atoms with Crippen molar-refractivity contribution in [1.82, 2.24) is 39.0 Å². The van der Waals surface area contributed by atoms with Crippen molar-refractivity contribution in [2.75, 3.05) is 49.4 Å². The van der Waals surface area contributed by atoms with E-state index < -0.39 is 76.6 Å². The van der Waals surface area contributed by atoms with E-state index in [1.54, 1.807) is 50.7 Å². The van der Waals surface area contributed by atoms with Crippen LogP contribution in [0.1, 0.15) is 66.8 Å². The number of thioether (sulfide) groups is 2. The summed E-state index contributed by atoms with van der Waals surface area (Å²) >= 11 is 2.06. The summed E-state index contributed by atoms with van der Waals surface area (Å²) in [6, 6.07) is 0. The molecule has 4 aromatic heterocycles. The second-order valence-corrected chi connectivity index (χ2v) is 21.5. The topological polar surface area (TPSA) is 281 Å². The maximum atomic E-state index is 14.7. The first-order chi connectivity index (χ1) is 28.3. The second-order valence-electron chi connectivity index (χ2n) is 16.1. The first-order valence-electron chi connectivity index (χ1n) is 19.0. The van der Waals surface area contributed by atoms with Crippen LogP contribution in [0.15, 0.2) is 25.3 Å². The lowest BCUT2D eigenvalue weighted by Gasteiger charge is -2.29. The van der Waals surface area contributed by atoms with Gasteiger partial charge < -0.3 is 20.9 Å². The zero-order chi connectivity index (χ0) is 43.0. The number of rotatable bonds is 10. The van der Waals surface area contributed by atoms with Crippen molar-refractivity contribution in [3.05, 3.63) is 25.3 Å². The van der Waals surface area contributed by atoms with Crippen molar-refractivity contribution < 1.29 is 55.3 Å². The van der Waals surface area contributed by atoms with Gasteiger partial charge in [-0.05, 0) is 0 Å². The molecule has 0 bridgehead atoms. The Morgan fingerprint density at radius 3 is 1.47 bits per heavy atom. The Kier molecular flexibility index (Phi) is 13.4. The monoisotopic (exact) mass is 914 g/mol. The largest absolute Gasteiger partial charge is 0.475 e. The summed E-state index contributed by atoms with van der Waals surface area (Å²) in [5, 5.41) is -0.164. The third kappa shape index (κ3) is 10.2. The van der Waals surface area contributed by atoms with Crippen molar-refractivity contribution >= 4 is 83.4 Å². The Hall–Kier alpha value is -3.12. The number of nitrogens with zero attached hydrogens (tertiary/aromatic N) is 8. The molecule has 8 atom stereocenters. The minimum Gasteiger partial charge on any atom is -0.382 e. The van der Waals surface area contributed by atoms with Gasteiger partial charge in [-0.2, -0.15) is 0 Å². The maximum absolute atomic E-state index is 14.7. The summed E-state index contributed by atoms with van der Waals surface area (Å²) in [5.74, 6) is 0.613. The number of imidazole rings is 2. The summed E-state index contributed by atoms with van der Waals surface area (Å²) in [6.07, 6.45) is -0.318. The predicted octanol–water partition coefficient (Wildman–Crippen LogP) is 5.08. The number of hydrogen-bond acceptors (Lipinski definition) is 22. The van der Waals surface area contributed by atoms with Crippen LogP contribution in [-0.4, -0.2) is 112 Å². The van der Waals surface area contributed by atoms with E-state index in [-0.39, 0.29) is 59.4 Å². The van der Waals surface area contributed by atoms with Crippen LogP contribution in [0.25, 0.3) is 22.3 Å². The fourth-order valence-corrected chi connectivity index (χ4v) is 10.9. The third-order valence-corrected chi connectivity index (χ3v) is 14.9. The van der Waals surface area contributed by atoms with Crippen LogP contribution in [0.3, 0.4) is 0 Å². The highest BCUT2D eigenvalue weighted by Crippen LogP contribution is 2.58. The molecule has 0 aromatic carbocycles. The lowest BCUT2D eigenvalue weighted by Crippen LogP contribution is -2.33. The molecule has 0 aliphatic carbocycles. The number of phosphoric acid groups is 2. The Labute approximate surface area is 353 Å². The van der Waals surface area contributed by atoms with Gasteiger partial charge in [-0.1, -0.05) is 65.1 Å². The quantitative estimate of drug-likeness (QED) is 0.155. The Bertz CT molecular complexity index is 2150. The van der Waals surface area contributed by atoms with Crippen LogP contribution in [0, 0.1) is 10.8 Å². The lowest BCUT2D eigenvalue weighted by molar-refractivity contribution is -0.118. The normalized spacial score (nSPS) is 29.2. The number of aromatic nitrogens is 8. The van der Waals surface area contributed by atoms with Gasteiger partial charge in [-0.25, -0.2) is 39.0 Å². The summed E-state index contributed by atoms with van der Waals surface area (Å²) in [6.45, 7) is 9.52. The smallest absolute Gasteiger partial charge is 0.382 e. The van der Waals surface area contributed by atoms with E-state index in [0.717, 1.165) is 23.5 Å². The minimum atomic E-state index is -4.50. The van der Waals surface area contributed by atoms with E-state index in [2.05, 4.69) is 29.9 Å². The molecule has 60 heavy (non-hydrogen) atoms. The van der Waals surface area contributed by atoms with Gasteiger partial charge >= 0.3 is 15.6 Å². The second kappa shape index (κ2) is 17.9. The molecule has 4 aromatic rings. The van der Waals surface area contributed by atoms with Crippen LogP contribution >= 0.6 is 39.2 Å². The molecule has 328 valence electrons. The third-order valence-electron chi connectivity index (χ3n) is 9.43. The number of fused-ring (bicyclic) bond motifs is 4. The summed E-state index contributed by atoms with van der Waals surface area (Å²) in [5.41, 5.74) is 12.3. The standard InChI is InChI=1S/C34H48N10O12P2S2/c1-33(2,3)31(45)59-9-7-49-57(47)51-13-21-20(12-24(53-21)44-18-42-26-28(36)38-16-40-30(26)44)56-58(48,50-8-10-60-32(46)34(4,5)6)52-14-22-19(55-57)11-23(54-22)43-17-41-25-27(35)37-15-39-29(25)43/h15-24H,7-14H2,1-6H3,(H2,35,37,39)(H2,36,38,40)/t19-,20?,21-,22-,23-,24-,57?,58?/m1/s1. The highest BCUT2D eigenvalue weighted by atomic mass is 32.2. The molecule has 4 N–H and O–H groups in total. The Morgan fingerprint density at radius 2 is 1.08 bits per heavy atom. The molecule has 3 saturated heterocycles. The van der Waals surface area contributed by atoms with E-state index in [1.807, 2.05) is 0 Å². The SMILES string of the molecule is CC(C)(C)C(=O)SCCOP1(=O)OC[C@H]2O[C@@H](n3cnc4c(N)ncnc43)C[C@H]2OP(=O)(OCCSC(=O)C(C)(C)C)OC[C@H]2O[C@@H](n3cnc4c(N)ncnc43)CC2O1. The van der Waals surface area contributed by atoms with Crippen LogP contribution in [0.4, 0.5) is 11.6 Å². The van der Waals surface area contributed by atoms with E-state index in [0.29, 0.717) is 22.3 Å². The molecule has 0 spiro atoms.